The lowest BCUT2D eigenvalue weighted by Gasteiger charge is -2.26. The van der Waals surface area contributed by atoms with Crippen LogP contribution in [0, 0.1) is 12.7 Å². The van der Waals surface area contributed by atoms with E-state index in [4.69, 9.17) is 0 Å². The Kier molecular flexibility index (Phi) is 6.00. The number of aryl methyl sites for hydroxylation is 1. The number of sulfonamides is 2. The second kappa shape index (κ2) is 7.47. The minimum Gasteiger partial charge on any atom is -0.212 e. The van der Waals surface area contributed by atoms with Gasteiger partial charge in [0.2, 0.25) is 20.0 Å². The van der Waals surface area contributed by atoms with Crippen LogP contribution in [0.3, 0.4) is 0 Å². The molecule has 0 atom stereocenters. The van der Waals surface area contributed by atoms with Gasteiger partial charge in [0.15, 0.2) is 0 Å². The average molecular weight is 378 g/mol. The molecule has 6 nitrogen and oxygen atoms in total. The molecule has 136 valence electrons. The summed E-state index contributed by atoms with van der Waals surface area (Å²) in [6, 6.07) is 3.49. The second-order valence-corrected chi connectivity index (χ2v) is 9.82. The highest BCUT2D eigenvalue weighted by atomic mass is 32.2. The van der Waals surface area contributed by atoms with E-state index in [1.807, 2.05) is 0 Å². The first-order chi connectivity index (χ1) is 11.1. The van der Waals surface area contributed by atoms with E-state index in [9.17, 15) is 21.2 Å². The van der Waals surface area contributed by atoms with E-state index in [0.29, 0.717) is 0 Å². The highest BCUT2D eigenvalue weighted by molar-refractivity contribution is 7.89. The number of hydrogen-bond donors (Lipinski definition) is 1. The van der Waals surface area contributed by atoms with Crippen molar-refractivity contribution in [2.75, 3.05) is 19.3 Å². The predicted octanol–water partition coefficient (Wildman–Crippen LogP) is 1.62. The molecule has 0 heterocycles. The van der Waals surface area contributed by atoms with Gasteiger partial charge in [0.05, 0.1) is 11.2 Å². The molecule has 1 aromatic carbocycles. The molecular weight excluding hydrogens is 355 g/mol. The molecule has 0 amide bonds. The van der Waals surface area contributed by atoms with Crippen LogP contribution in [0.4, 0.5) is 4.39 Å². The highest BCUT2D eigenvalue weighted by Crippen LogP contribution is 2.25. The fraction of sp³-hybridized carbons (Fsp3) is 0.600. The topological polar surface area (TPSA) is 83.6 Å². The summed E-state index contributed by atoms with van der Waals surface area (Å²) in [7, 11) is -7.20. The molecule has 0 unspecified atom stereocenters. The lowest BCUT2D eigenvalue weighted by atomic mass is 10.2. The van der Waals surface area contributed by atoms with Crippen LogP contribution in [0.1, 0.15) is 31.2 Å². The summed E-state index contributed by atoms with van der Waals surface area (Å²) in [6.45, 7) is 1.55. The van der Waals surface area contributed by atoms with Crippen molar-refractivity contribution < 1.29 is 21.2 Å². The van der Waals surface area contributed by atoms with Gasteiger partial charge in [0.25, 0.3) is 0 Å². The molecule has 0 aromatic heterocycles. The fourth-order valence-corrected chi connectivity index (χ4v) is 5.25. The Labute approximate surface area is 143 Å². The van der Waals surface area contributed by atoms with Crippen molar-refractivity contribution >= 4 is 20.0 Å². The number of nitrogens with zero attached hydrogens (tertiary/aromatic N) is 1. The Morgan fingerprint density at radius 2 is 1.83 bits per heavy atom. The first kappa shape index (κ1) is 19.3. The summed E-state index contributed by atoms with van der Waals surface area (Å²) in [5, 5.41) is 0. The van der Waals surface area contributed by atoms with E-state index >= 15 is 0 Å². The molecule has 0 aliphatic heterocycles. The minimum absolute atomic E-state index is 0.0255. The van der Waals surface area contributed by atoms with Crippen LogP contribution in [0.2, 0.25) is 0 Å². The summed E-state index contributed by atoms with van der Waals surface area (Å²) in [4.78, 5) is -0.0341. The monoisotopic (exact) mass is 378 g/mol. The molecule has 0 spiro atoms. The van der Waals surface area contributed by atoms with Gasteiger partial charge in [-0.25, -0.2) is 25.9 Å². The fourth-order valence-electron chi connectivity index (χ4n) is 2.97. The SMILES string of the molecule is Cc1cc(S(=O)(=O)NCCN(C2CCCC2)S(C)(=O)=O)ccc1F. The summed E-state index contributed by atoms with van der Waals surface area (Å²) in [5.41, 5.74) is 0.238. The Morgan fingerprint density at radius 3 is 2.38 bits per heavy atom. The Bertz CT molecular complexity index is 788. The second-order valence-electron chi connectivity index (χ2n) is 6.12. The molecule has 1 aliphatic carbocycles. The third-order valence-corrected chi connectivity index (χ3v) is 7.01. The van der Waals surface area contributed by atoms with Gasteiger partial charge in [-0.1, -0.05) is 12.8 Å². The lowest BCUT2D eigenvalue weighted by Crippen LogP contribution is -2.43. The molecule has 1 fully saturated rings. The first-order valence-corrected chi connectivity index (χ1v) is 11.2. The Morgan fingerprint density at radius 1 is 1.21 bits per heavy atom. The van der Waals surface area contributed by atoms with E-state index in [0.717, 1.165) is 38.0 Å². The normalized spacial score (nSPS) is 16.8. The number of benzene rings is 1. The molecule has 0 saturated heterocycles. The van der Waals surface area contributed by atoms with Crippen molar-refractivity contribution in [1.29, 1.82) is 0 Å². The van der Waals surface area contributed by atoms with Gasteiger partial charge in [0, 0.05) is 19.1 Å². The van der Waals surface area contributed by atoms with Gasteiger partial charge in [-0.2, -0.15) is 4.31 Å². The first-order valence-electron chi connectivity index (χ1n) is 7.84. The van der Waals surface area contributed by atoms with Gasteiger partial charge in [0.1, 0.15) is 5.82 Å². The van der Waals surface area contributed by atoms with Crippen LogP contribution in [0.25, 0.3) is 0 Å². The number of nitrogens with one attached hydrogen (secondary N) is 1. The maximum atomic E-state index is 13.3. The van der Waals surface area contributed by atoms with Crippen molar-refractivity contribution in [3.05, 3.63) is 29.6 Å². The highest BCUT2D eigenvalue weighted by Gasteiger charge is 2.29. The number of rotatable bonds is 7. The molecular formula is C15H23FN2O4S2. The summed E-state index contributed by atoms with van der Waals surface area (Å²) < 4.78 is 65.4. The summed E-state index contributed by atoms with van der Waals surface area (Å²) in [6.07, 6.45) is 4.71. The molecule has 0 radical (unpaired) electrons. The van der Waals surface area contributed by atoms with E-state index in [1.165, 1.54) is 23.4 Å². The van der Waals surface area contributed by atoms with Crippen molar-refractivity contribution in [2.45, 2.75) is 43.5 Å². The van der Waals surface area contributed by atoms with E-state index in [2.05, 4.69) is 4.72 Å². The number of hydrogen-bond acceptors (Lipinski definition) is 4. The van der Waals surface area contributed by atoms with E-state index in [1.54, 1.807) is 0 Å². The zero-order valence-electron chi connectivity index (χ0n) is 13.8. The quantitative estimate of drug-likeness (QED) is 0.781. The molecule has 24 heavy (non-hydrogen) atoms. The van der Waals surface area contributed by atoms with Crippen molar-refractivity contribution in [2.24, 2.45) is 0 Å². The molecule has 9 heteroatoms. The predicted molar refractivity (Wildman–Crippen MR) is 90.1 cm³/mol. The molecule has 1 saturated carbocycles. The lowest BCUT2D eigenvalue weighted by molar-refractivity contribution is 0.328. The van der Waals surface area contributed by atoms with Gasteiger partial charge in [-0.15, -0.1) is 0 Å². The zero-order valence-corrected chi connectivity index (χ0v) is 15.5. The van der Waals surface area contributed by atoms with Gasteiger partial charge < -0.3 is 0 Å². The molecule has 1 aromatic rings. The maximum absolute atomic E-state index is 13.3. The minimum atomic E-state index is -3.80. The molecule has 2 rings (SSSR count). The summed E-state index contributed by atoms with van der Waals surface area (Å²) in [5.74, 6) is -0.474. The van der Waals surface area contributed by atoms with Crippen molar-refractivity contribution in [1.82, 2.24) is 9.03 Å². The van der Waals surface area contributed by atoms with Crippen LogP contribution in [0.5, 0.6) is 0 Å². The van der Waals surface area contributed by atoms with Crippen LogP contribution in [-0.2, 0) is 20.0 Å². The maximum Gasteiger partial charge on any atom is 0.240 e. The standard InChI is InChI=1S/C15H23FN2O4S2/c1-12-11-14(7-8-15(12)16)24(21,22)17-9-10-18(23(2,19)20)13-5-3-4-6-13/h7-8,11,13,17H,3-6,9-10H2,1-2H3. The smallest absolute Gasteiger partial charge is 0.212 e. The van der Waals surface area contributed by atoms with Gasteiger partial charge >= 0.3 is 0 Å². The molecule has 0 bridgehead atoms. The van der Waals surface area contributed by atoms with Crippen LogP contribution in [-0.4, -0.2) is 46.5 Å². The van der Waals surface area contributed by atoms with E-state index < -0.39 is 25.9 Å². The molecule has 1 N–H and O–H groups in total. The Hall–Kier alpha value is -1.03. The largest absolute Gasteiger partial charge is 0.240 e. The Balaban J connectivity index is 2.04. The third kappa shape index (κ3) is 4.75. The van der Waals surface area contributed by atoms with Crippen LogP contribution < -0.4 is 4.72 Å². The summed E-state index contributed by atoms with van der Waals surface area (Å²) >= 11 is 0. The van der Waals surface area contributed by atoms with Crippen molar-refractivity contribution in [3.63, 3.8) is 0 Å². The average Bonchev–Trinajstić information content (AvgIpc) is 2.98. The van der Waals surface area contributed by atoms with Crippen LogP contribution >= 0.6 is 0 Å². The third-order valence-electron chi connectivity index (χ3n) is 4.22. The zero-order chi connectivity index (χ0) is 18.0. The van der Waals surface area contributed by atoms with Crippen LogP contribution in [0.15, 0.2) is 23.1 Å². The van der Waals surface area contributed by atoms with E-state index in [-0.39, 0.29) is 29.6 Å². The van der Waals surface area contributed by atoms with Crippen molar-refractivity contribution in [3.8, 4) is 0 Å². The van der Waals surface area contributed by atoms with Gasteiger partial charge in [-0.05, 0) is 43.5 Å². The van der Waals surface area contributed by atoms with Gasteiger partial charge in [-0.3, -0.25) is 0 Å². The number of halogens is 1. The molecule has 1 aliphatic rings.